The van der Waals surface area contributed by atoms with E-state index in [2.05, 4.69) is 30.6 Å². The zero-order valence-electron chi connectivity index (χ0n) is 24.6. The highest BCUT2D eigenvalue weighted by atomic mass is 35.5. The molecule has 2 aliphatic heterocycles. The monoisotopic (exact) mass is 656 g/mol. The number of anilines is 2. The number of pyridine rings is 1. The van der Waals surface area contributed by atoms with E-state index < -0.39 is 27.6 Å². The van der Waals surface area contributed by atoms with Gasteiger partial charge in [-0.25, -0.2) is 18.4 Å². The molecule has 2 aromatic heterocycles. The van der Waals surface area contributed by atoms with Gasteiger partial charge in [0.05, 0.1) is 29.7 Å². The van der Waals surface area contributed by atoms with Gasteiger partial charge >= 0.3 is 0 Å². The quantitative estimate of drug-likeness (QED) is 0.270. The van der Waals surface area contributed by atoms with Crippen LogP contribution in [-0.2, 0) is 10.0 Å². The van der Waals surface area contributed by atoms with E-state index in [1.165, 1.54) is 23.5 Å². The van der Waals surface area contributed by atoms with Gasteiger partial charge in [0.2, 0.25) is 10.0 Å². The number of guanidine groups is 1. The van der Waals surface area contributed by atoms with Crippen molar-refractivity contribution in [1.29, 1.82) is 0 Å². The molecular weight excluding hydrogens is 624 g/mol. The van der Waals surface area contributed by atoms with Crippen molar-refractivity contribution >= 4 is 51.0 Å². The number of hydrogen-bond donors (Lipinski definition) is 4. The molecule has 4 heterocycles. The van der Waals surface area contributed by atoms with E-state index >= 15 is 0 Å². The Morgan fingerprint density at radius 1 is 1.18 bits per heavy atom. The van der Waals surface area contributed by atoms with Gasteiger partial charge in [0.15, 0.2) is 28.4 Å². The van der Waals surface area contributed by atoms with E-state index in [4.69, 9.17) is 27.8 Å². The van der Waals surface area contributed by atoms with Crippen LogP contribution in [0.3, 0.4) is 0 Å². The number of hydrogen-bond acceptors (Lipinski definition) is 12. The molecule has 0 bridgehead atoms. The fraction of sp³-hybridized carbons (Fsp3) is 0.357. The number of ether oxygens (including phenoxy) is 1. The lowest BCUT2D eigenvalue weighted by Gasteiger charge is -2.39. The highest BCUT2D eigenvalue weighted by Gasteiger charge is 2.40. The number of nitrogens with zero attached hydrogens (tertiary/aromatic N) is 6. The molecule has 15 nitrogen and oxygen atoms in total. The number of likely N-dealkylation sites (N-methyl/N-ethyl adjacent to an activating group) is 1. The molecule has 1 spiro atoms. The summed E-state index contributed by atoms with van der Waals surface area (Å²) >= 11 is 5.88. The van der Waals surface area contributed by atoms with Gasteiger partial charge in [-0.3, -0.25) is 24.9 Å². The van der Waals surface area contributed by atoms with Crippen LogP contribution in [0.1, 0.15) is 40.6 Å². The number of halogens is 1. The summed E-state index contributed by atoms with van der Waals surface area (Å²) in [4.78, 5) is 43.9. The molecule has 5 rings (SSSR count). The second kappa shape index (κ2) is 12.8. The van der Waals surface area contributed by atoms with Crippen LogP contribution in [0.15, 0.2) is 58.7 Å². The lowest BCUT2D eigenvalue weighted by molar-refractivity contribution is 0.0668. The van der Waals surface area contributed by atoms with Crippen LogP contribution in [-0.4, -0.2) is 95.2 Å². The maximum Gasteiger partial charge on any atom is 0.280 e. The largest absolute Gasteiger partial charge is 0.488 e. The Morgan fingerprint density at radius 3 is 2.64 bits per heavy atom. The second-order valence-electron chi connectivity index (χ2n) is 10.9. The number of sulfonamides is 1. The molecule has 1 saturated heterocycles. The van der Waals surface area contributed by atoms with Crippen molar-refractivity contribution in [1.82, 2.24) is 34.8 Å². The molecule has 238 valence electrons. The van der Waals surface area contributed by atoms with E-state index in [0.717, 1.165) is 0 Å². The number of likely N-dealkylation sites (tertiary alicyclic amines) is 1. The number of nitrogens with one attached hydrogen (secondary N) is 2. The summed E-state index contributed by atoms with van der Waals surface area (Å²) in [6.45, 7) is 3.04. The molecule has 17 heteroatoms. The molecule has 2 amide bonds. The zero-order valence-corrected chi connectivity index (χ0v) is 26.2. The molecular formula is C28H33ClN10O5S. The summed E-state index contributed by atoms with van der Waals surface area (Å²) in [5.74, 6) is -0.386. The molecule has 1 unspecified atom stereocenters. The summed E-state index contributed by atoms with van der Waals surface area (Å²) in [5.41, 5.74) is 11.0. The van der Waals surface area contributed by atoms with Gasteiger partial charge in [-0.2, -0.15) is 4.31 Å². The molecule has 1 fully saturated rings. The van der Waals surface area contributed by atoms with Gasteiger partial charge < -0.3 is 26.4 Å². The van der Waals surface area contributed by atoms with Gasteiger partial charge in [-0.15, -0.1) is 0 Å². The van der Waals surface area contributed by atoms with E-state index in [-0.39, 0.29) is 51.4 Å². The van der Waals surface area contributed by atoms with E-state index in [0.29, 0.717) is 38.2 Å². The molecule has 2 aliphatic rings. The Kier molecular flexibility index (Phi) is 9.08. The first kappa shape index (κ1) is 31.9. The molecule has 0 radical (unpaired) electrons. The topological polar surface area (TPSA) is 211 Å². The van der Waals surface area contributed by atoms with Gasteiger partial charge in [-0.05, 0) is 50.1 Å². The minimum absolute atomic E-state index is 0.0110. The van der Waals surface area contributed by atoms with Crippen molar-refractivity contribution in [3.05, 3.63) is 65.2 Å². The molecule has 1 atom stereocenters. The molecule has 0 aliphatic carbocycles. The maximum atomic E-state index is 13.4. The van der Waals surface area contributed by atoms with Crippen molar-refractivity contribution in [2.24, 2.45) is 4.99 Å². The van der Waals surface area contributed by atoms with Gasteiger partial charge in [-0.1, -0.05) is 17.7 Å². The standard InChI is InChI=1S/C28H33ClN10O5S/c1-17(44-19-6-4-10-32-14-19)15-38(2)45(42,43)20-7-3-5-18(13-20)26(41)39-11-8-28(9-12-39)16-33-27(37-28)36-25(40)21-23(30)35-24(31)22(29)34-21/h3-7,10,13-14,17H,8-9,11-12,15-16H2,1-2H3,(H4,30,31,35)(H2,33,36,37,40). The molecule has 0 saturated carbocycles. The highest BCUT2D eigenvalue weighted by molar-refractivity contribution is 7.89. The number of rotatable bonds is 8. The van der Waals surface area contributed by atoms with Crippen LogP contribution in [0.5, 0.6) is 5.75 Å². The van der Waals surface area contributed by atoms with Crippen LogP contribution < -0.4 is 26.8 Å². The van der Waals surface area contributed by atoms with E-state index in [1.54, 1.807) is 48.5 Å². The Labute approximate surface area is 265 Å². The highest BCUT2D eigenvalue weighted by Crippen LogP contribution is 2.27. The van der Waals surface area contributed by atoms with Crippen molar-refractivity contribution in [2.45, 2.75) is 36.3 Å². The minimum atomic E-state index is -3.90. The normalized spacial score (nSPS) is 16.6. The SMILES string of the molecule is CC(CN(C)S(=O)(=O)c1cccc(C(=O)N2CCC3(CC2)CN=C(NC(=O)c2nc(Cl)c(N)nc2N)N3)c1)Oc1cccnc1. The van der Waals surface area contributed by atoms with E-state index in [1.807, 2.05) is 0 Å². The Morgan fingerprint density at radius 2 is 1.93 bits per heavy atom. The predicted octanol–water partition coefficient (Wildman–Crippen LogP) is 1.14. The first-order chi connectivity index (χ1) is 21.4. The Bertz CT molecular complexity index is 1730. The van der Waals surface area contributed by atoms with E-state index in [9.17, 15) is 18.0 Å². The molecule has 1 aromatic carbocycles. The Balaban J connectivity index is 1.16. The maximum absolute atomic E-state index is 13.4. The van der Waals surface area contributed by atoms with Crippen LogP contribution in [0.2, 0.25) is 5.15 Å². The average Bonchev–Trinajstić information content (AvgIpc) is 3.40. The summed E-state index contributed by atoms with van der Waals surface area (Å²) < 4.78 is 33.7. The number of piperidine rings is 1. The lowest BCUT2D eigenvalue weighted by atomic mass is 9.88. The predicted molar refractivity (Wildman–Crippen MR) is 167 cm³/mol. The number of amides is 2. The number of carbonyl (C=O) groups excluding carboxylic acids is 2. The Hall–Kier alpha value is -4.54. The number of carbonyl (C=O) groups is 2. The van der Waals surface area contributed by atoms with Crippen molar-refractivity contribution < 1.29 is 22.7 Å². The average molecular weight is 657 g/mol. The fourth-order valence-corrected chi connectivity index (χ4v) is 6.55. The summed E-state index contributed by atoms with van der Waals surface area (Å²) in [7, 11) is -2.43. The third-order valence-electron chi connectivity index (χ3n) is 7.56. The second-order valence-corrected chi connectivity index (χ2v) is 13.3. The lowest BCUT2D eigenvalue weighted by Crippen LogP contribution is -2.57. The molecule has 3 aromatic rings. The van der Waals surface area contributed by atoms with Crippen LogP contribution in [0.4, 0.5) is 11.6 Å². The third kappa shape index (κ3) is 7.08. The number of aromatic nitrogens is 3. The number of benzene rings is 1. The zero-order chi connectivity index (χ0) is 32.4. The van der Waals surface area contributed by atoms with Gasteiger partial charge in [0, 0.05) is 31.9 Å². The first-order valence-corrected chi connectivity index (χ1v) is 15.8. The molecule has 45 heavy (non-hydrogen) atoms. The van der Waals surface area contributed by atoms with Crippen LogP contribution >= 0.6 is 11.6 Å². The molecule has 6 N–H and O–H groups in total. The summed E-state index contributed by atoms with van der Waals surface area (Å²) in [6, 6.07) is 9.50. The van der Waals surface area contributed by atoms with Crippen molar-refractivity contribution in [3.63, 3.8) is 0 Å². The minimum Gasteiger partial charge on any atom is -0.488 e. The first-order valence-electron chi connectivity index (χ1n) is 14.0. The number of nitrogens with two attached hydrogens (primary N) is 2. The van der Waals surface area contributed by atoms with Crippen molar-refractivity contribution in [2.75, 3.05) is 44.7 Å². The fourth-order valence-electron chi connectivity index (χ4n) is 5.13. The van der Waals surface area contributed by atoms with Gasteiger partial charge in [0.25, 0.3) is 11.8 Å². The summed E-state index contributed by atoms with van der Waals surface area (Å²) in [5, 5.41) is 5.75. The third-order valence-corrected chi connectivity index (χ3v) is 9.66. The summed E-state index contributed by atoms with van der Waals surface area (Å²) in [6.07, 6.45) is 3.84. The van der Waals surface area contributed by atoms with Crippen molar-refractivity contribution in [3.8, 4) is 5.75 Å². The van der Waals surface area contributed by atoms with Crippen LogP contribution in [0.25, 0.3) is 0 Å². The van der Waals surface area contributed by atoms with Crippen LogP contribution in [0, 0.1) is 0 Å². The van der Waals surface area contributed by atoms with Gasteiger partial charge in [0.1, 0.15) is 11.9 Å². The number of aliphatic imine (C=N–C) groups is 1. The smallest absolute Gasteiger partial charge is 0.280 e. The number of nitrogen functional groups attached to an aromatic ring is 2.